The van der Waals surface area contributed by atoms with Crippen molar-refractivity contribution in [2.24, 2.45) is 7.05 Å². The monoisotopic (exact) mass is 297 g/mol. The number of aromatic nitrogens is 2. The number of hydrogen-bond acceptors (Lipinski definition) is 4. The first-order valence-electron chi connectivity index (χ1n) is 6.36. The number of hydrogen-bond donors (Lipinski definition) is 1. The summed E-state index contributed by atoms with van der Waals surface area (Å²) in [5.41, 5.74) is 2.44. The highest BCUT2D eigenvalue weighted by atomic mass is 19.3. The minimum Gasteiger partial charge on any atom is -0.481 e. The largest absolute Gasteiger partial charge is 0.481 e. The van der Waals surface area contributed by atoms with E-state index >= 15 is 0 Å². The van der Waals surface area contributed by atoms with Crippen LogP contribution in [0.5, 0.6) is 11.6 Å². The van der Waals surface area contributed by atoms with Gasteiger partial charge in [0.2, 0.25) is 5.88 Å². The van der Waals surface area contributed by atoms with Crippen LogP contribution in [0, 0.1) is 6.92 Å². The molecule has 0 saturated carbocycles. The summed E-state index contributed by atoms with van der Waals surface area (Å²) in [4.78, 5) is 0. The number of rotatable bonds is 6. The third-order valence-corrected chi connectivity index (χ3v) is 3.01. The summed E-state index contributed by atoms with van der Waals surface area (Å²) in [5.74, 6) is 0.782. The van der Waals surface area contributed by atoms with E-state index in [1.165, 1.54) is 12.1 Å². The van der Waals surface area contributed by atoms with Crippen LogP contribution >= 0.6 is 0 Å². The van der Waals surface area contributed by atoms with E-state index in [1.807, 2.05) is 6.92 Å². The molecule has 0 spiro atoms. The van der Waals surface area contributed by atoms with Crippen molar-refractivity contribution >= 4 is 5.69 Å². The number of nitrogens with zero attached hydrogens (tertiary/aromatic N) is 2. The number of benzene rings is 1. The standard InChI is InChI=1S/C14H17F2N3O2/c1-9-12(13(20-3)19(2)18-9)8-17-10-5-4-6-11(7-10)21-14(15)16/h4-7,14,17H,8H2,1-3H3. The van der Waals surface area contributed by atoms with Crippen molar-refractivity contribution < 1.29 is 18.3 Å². The second-order valence-corrected chi connectivity index (χ2v) is 4.46. The lowest BCUT2D eigenvalue weighted by molar-refractivity contribution is -0.0498. The van der Waals surface area contributed by atoms with Crippen molar-refractivity contribution in [1.82, 2.24) is 9.78 Å². The highest BCUT2D eigenvalue weighted by molar-refractivity contribution is 5.49. The molecule has 1 heterocycles. The summed E-state index contributed by atoms with van der Waals surface area (Å²) < 4.78 is 35.7. The van der Waals surface area contributed by atoms with Gasteiger partial charge in [0.1, 0.15) is 5.75 Å². The van der Waals surface area contributed by atoms with Gasteiger partial charge in [-0.3, -0.25) is 0 Å². The summed E-state index contributed by atoms with van der Waals surface area (Å²) in [7, 11) is 3.38. The van der Waals surface area contributed by atoms with Gasteiger partial charge in [-0.1, -0.05) is 6.07 Å². The lowest BCUT2D eigenvalue weighted by Gasteiger charge is -2.10. The summed E-state index contributed by atoms with van der Waals surface area (Å²) in [5, 5.41) is 7.42. The van der Waals surface area contributed by atoms with Crippen LogP contribution in [0.3, 0.4) is 0 Å². The molecule has 0 saturated heterocycles. The van der Waals surface area contributed by atoms with Crippen molar-refractivity contribution in [3.05, 3.63) is 35.5 Å². The van der Waals surface area contributed by atoms with Crippen LogP contribution in [-0.2, 0) is 13.6 Å². The Kier molecular flexibility index (Phi) is 4.62. The SMILES string of the molecule is COc1c(CNc2cccc(OC(F)F)c2)c(C)nn1C. The van der Waals surface area contributed by atoms with Crippen molar-refractivity contribution in [2.75, 3.05) is 12.4 Å². The van der Waals surface area contributed by atoms with E-state index in [0.717, 1.165) is 11.3 Å². The topological polar surface area (TPSA) is 48.3 Å². The highest BCUT2D eigenvalue weighted by Crippen LogP contribution is 2.24. The van der Waals surface area contributed by atoms with Crippen LogP contribution in [0.1, 0.15) is 11.3 Å². The molecule has 2 aromatic rings. The van der Waals surface area contributed by atoms with Crippen LogP contribution in [0.4, 0.5) is 14.5 Å². The van der Waals surface area contributed by atoms with Crippen LogP contribution in [0.2, 0.25) is 0 Å². The Hall–Kier alpha value is -2.31. The number of nitrogens with one attached hydrogen (secondary N) is 1. The maximum Gasteiger partial charge on any atom is 0.387 e. The van der Waals surface area contributed by atoms with E-state index in [4.69, 9.17) is 4.74 Å². The summed E-state index contributed by atoms with van der Waals surface area (Å²) >= 11 is 0. The molecule has 0 atom stereocenters. The molecule has 0 aliphatic heterocycles. The van der Waals surface area contributed by atoms with E-state index in [-0.39, 0.29) is 5.75 Å². The van der Waals surface area contributed by atoms with E-state index < -0.39 is 6.61 Å². The fraction of sp³-hybridized carbons (Fsp3) is 0.357. The molecule has 1 aromatic carbocycles. The van der Waals surface area contributed by atoms with Crippen LogP contribution in [0.25, 0.3) is 0 Å². The number of alkyl halides is 2. The van der Waals surface area contributed by atoms with Crippen LogP contribution in [0.15, 0.2) is 24.3 Å². The summed E-state index contributed by atoms with van der Waals surface area (Å²) in [6.45, 7) is -0.475. The van der Waals surface area contributed by atoms with Crippen molar-refractivity contribution in [3.8, 4) is 11.6 Å². The normalized spacial score (nSPS) is 10.8. The van der Waals surface area contributed by atoms with Crippen molar-refractivity contribution in [2.45, 2.75) is 20.1 Å². The molecule has 0 aliphatic carbocycles. The van der Waals surface area contributed by atoms with Gasteiger partial charge in [0.05, 0.1) is 18.4 Å². The van der Waals surface area contributed by atoms with Gasteiger partial charge < -0.3 is 14.8 Å². The van der Waals surface area contributed by atoms with Gasteiger partial charge in [-0.15, -0.1) is 0 Å². The zero-order chi connectivity index (χ0) is 15.4. The van der Waals surface area contributed by atoms with E-state index in [0.29, 0.717) is 18.1 Å². The predicted molar refractivity (Wildman–Crippen MR) is 74.9 cm³/mol. The van der Waals surface area contributed by atoms with Gasteiger partial charge in [0.25, 0.3) is 0 Å². The van der Waals surface area contributed by atoms with E-state index in [2.05, 4.69) is 15.2 Å². The zero-order valence-electron chi connectivity index (χ0n) is 12.1. The Morgan fingerprint density at radius 2 is 2.14 bits per heavy atom. The average Bonchev–Trinajstić information content (AvgIpc) is 2.69. The molecular weight excluding hydrogens is 280 g/mol. The third-order valence-electron chi connectivity index (χ3n) is 3.01. The lowest BCUT2D eigenvalue weighted by atomic mass is 10.2. The molecule has 114 valence electrons. The summed E-state index contributed by atoms with van der Waals surface area (Å²) in [6.07, 6.45) is 0. The average molecular weight is 297 g/mol. The Morgan fingerprint density at radius 3 is 2.81 bits per heavy atom. The van der Waals surface area contributed by atoms with Crippen molar-refractivity contribution in [3.63, 3.8) is 0 Å². The second-order valence-electron chi connectivity index (χ2n) is 4.46. The third kappa shape index (κ3) is 3.62. The molecule has 5 nitrogen and oxygen atoms in total. The van der Waals surface area contributed by atoms with Gasteiger partial charge in [0, 0.05) is 25.3 Å². The smallest absolute Gasteiger partial charge is 0.387 e. The molecule has 7 heteroatoms. The molecule has 0 unspecified atom stereocenters. The maximum atomic E-state index is 12.2. The number of aryl methyl sites for hydroxylation is 2. The van der Waals surface area contributed by atoms with Gasteiger partial charge in [0.15, 0.2) is 0 Å². The zero-order valence-corrected chi connectivity index (χ0v) is 12.1. The number of anilines is 1. The lowest BCUT2D eigenvalue weighted by Crippen LogP contribution is -2.04. The fourth-order valence-corrected chi connectivity index (χ4v) is 2.11. The van der Waals surface area contributed by atoms with Crippen LogP contribution < -0.4 is 14.8 Å². The fourth-order valence-electron chi connectivity index (χ4n) is 2.11. The second kappa shape index (κ2) is 6.43. The molecule has 0 bridgehead atoms. The van der Waals surface area contributed by atoms with Gasteiger partial charge in [-0.2, -0.15) is 13.9 Å². The van der Waals surface area contributed by atoms with Crippen molar-refractivity contribution in [1.29, 1.82) is 0 Å². The van der Waals surface area contributed by atoms with Crippen LogP contribution in [-0.4, -0.2) is 23.5 Å². The minimum absolute atomic E-state index is 0.116. The van der Waals surface area contributed by atoms with E-state index in [9.17, 15) is 8.78 Å². The summed E-state index contributed by atoms with van der Waals surface area (Å²) in [6, 6.07) is 6.42. The van der Waals surface area contributed by atoms with Gasteiger partial charge in [-0.05, 0) is 19.1 Å². The van der Waals surface area contributed by atoms with Gasteiger partial charge >= 0.3 is 6.61 Å². The molecule has 21 heavy (non-hydrogen) atoms. The molecule has 1 N–H and O–H groups in total. The first-order valence-corrected chi connectivity index (χ1v) is 6.36. The molecule has 2 rings (SSSR count). The molecule has 0 radical (unpaired) electrons. The number of ether oxygens (including phenoxy) is 2. The quantitative estimate of drug-likeness (QED) is 0.890. The molecule has 0 amide bonds. The maximum absolute atomic E-state index is 12.2. The molecular formula is C14H17F2N3O2. The molecule has 1 aromatic heterocycles. The Balaban J connectivity index is 2.10. The van der Waals surface area contributed by atoms with Gasteiger partial charge in [-0.25, -0.2) is 4.68 Å². The molecule has 0 fully saturated rings. The predicted octanol–water partition coefficient (Wildman–Crippen LogP) is 2.95. The number of halogens is 2. The van der Waals surface area contributed by atoms with E-state index in [1.54, 1.807) is 31.0 Å². The Morgan fingerprint density at radius 1 is 1.38 bits per heavy atom. The first-order chi connectivity index (χ1) is 10.0. The molecule has 0 aliphatic rings. The Labute approximate surface area is 121 Å². The Bertz CT molecular complexity index is 614. The first kappa shape index (κ1) is 15.1. The highest BCUT2D eigenvalue weighted by Gasteiger charge is 2.13. The minimum atomic E-state index is -2.83. The number of methoxy groups -OCH3 is 1.